The van der Waals surface area contributed by atoms with Crippen molar-refractivity contribution in [3.05, 3.63) is 23.9 Å². The number of hydrogen-bond acceptors (Lipinski definition) is 1. The first-order valence-electron chi connectivity index (χ1n) is 3.30. The molecule has 0 N–H and O–H groups in total. The molecule has 0 aliphatic heterocycles. The lowest BCUT2D eigenvalue weighted by Gasteiger charge is -2.17. The average Bonchev–Trinajstić information content (AvgIpc) is 2.14. The van der Waals surface area contributed by atoms with Crippen molar-refractivity contribution in [3.8, 4) is 0 Å². The molecule has 0 radical (unpaired) electrons. The molecule has 0 aromatic carbocycles. The summed E-state index contributed by atoms with van der Waals surface area (Å²) in [7, 11) is 0. The molecule has 0 aromatic heterocycles. The van der Waals surface area contributed by atoms with Gasteiger partial charge in [-0.15, -0.1) is 0 Å². The Morgan fingerprint density at radius 3 is 1.41 bits per heavy atom. The lowest BCUT2D eigenvalue weighted by molar-refractivity contribution is -0.272. The highest BCUT2D eigenvalue weighted by Gasteiger charge is 2.63. The van der Waals surface area contributed by atoms with Gasteiger partial charge in [0, 0.05) is 0 Å². The molecule has 0 aliphatic carbocycles. The SMILES string of the molecule is FC(F)=C(F)OC(F)=C(F)C(F)(F)C(F)(F)F. The van der Waals surface area contributed by atoms with E-state index in [1.165, 1.54) is 0 Å². The van der Waals surface area contributed by atoms with E-state index in [2.05, 4.69) is 4.74 Å². The lowest BCUT2D eigenvalue weighted by Crippen LogP contribution is -2.37. The minimum atomic E-state index is -6.54. The van der Waals surface area contributed by atoms with Crippen molar-refractivity contribution in [1.82, 2.24) is 0 Å². The monoisotopic (exact) mass is 278 g/mol. The van der Waals surface area contributed by atoms with Gasteiger partial charge in [0.05, 0.1) is 0 Å². The minimum Gasteiger partial charge on any atom is -0.398 e. The van der Waals surface area contributed by atoms with Crippen LogP contribution in [-0.2, 0) is 4.74 Å². The van der Waals surface area contributed by atoms with Crippen molar-refractivity contribution in [2.75, 3.05) is 0 Å². The summed E-state index contributed by atoms with van der Waals surface area (Å²) >= 11 is 0. The van der Waals surface area contributed by atoms with E-state index in [0.717, 1.165) is 0 Å². The van der Waals surface area contributed by atoms with Crippen LogP contribution in [0.15, 0.2) is 23.9 Å². The normalized spacial score (nSPS) is 14.2. The Labute approximate surface area is 86.0 Å². The number of rotatable bonds is 3. The van der Waals surface area contributed by atoms with E-state index in [-0.39, 0.29) is 0 Å². The lowest BCUT2D eigenvalue weighted by atomic mass is 10.3. The van der Waals surface area contributed by atoms with E-state index in [1.807, 2.05) is 0 Å². The average molecular weight is 278 g/mol. The van der Waals surface area contributed by atoms with Crippen LogP contribution in [0.2, 0.25) is 0 Å². The molecule has 100 valence electrons. The predicted octanol–water partition coefficient (Wildman–Crippen LogP) is 4.34. The topological polar surface area (TPSA) is 9.23 Å². The maximum atomic E-state index is 12.2. The predicted molar refractivity (Wildman–Crippen MR) is 31.7 cm³/mol. The van der Waals surface area contributed by atoms with Gasteiger partial charge in [0.1, 0.15) is 0 Å². The van der Waals surface area contributed by atoms with Gasteiger partial charge in [-0.1, -0.05) is 0 Å². The fourth-order valence-corrected chi connectivity index (χ4v) is 0.410. The zero-order valence-electron chi connectivity index (χ0n) is 7.19. The van der Waals surface area contributed by atoms with Gasteiger partial charge in [0.2, 0.25) is 0 Å². The molecule has 0 bridgehead atoms. The largest absolute Gasteiger partial charge is 0.460 e. The second-order valence-corrected chi connectivity index (χ2v) is 2.30. The van der Waals surface area contributed by atoms with Crippen molar-refractivity contribution in [1.29, 1.82) is 0 Å². The van der Waals surface area contributed by atoms with Crippen LogP contribution in [0.1, 0.15) is 0 Å². The summed E-state index contributed by atoms with van der Waals surface area (Å²) in [6.45, 7) is 0. The maximum Gasteiger partial charge on any atom is 0.460 e. The Kier molecular flexibility index (Phi) is 4.43. The molecule has 17 heavy (non-hydrogen) atoms. The molecule has 0 unspecified atom stereocenters. The third-order valence-corrected chi connectivity index (χ3v) is 1.13. The van der Waals surface area contributed by atoms with Crippen LogP contribution in [0.5, 0.6) is 0 Å². The van der Waals surface area contributed by atoms with Crippen molar-refractivity contribution >= 4 is 0 Å². The first-order valence-corrected chi connectivity index (χ1v) is 3.30. The number of alkyl halides is 5. The Hall–Kier alpha value is -1.42. The van der Waals surface area contributed by atoms with Gasteiger partial charge >= 0.3 is 30.2 Å². The molecule has 11 heteroatoms. The second kappa shape index (κ2) is 4.84. The number of ether oxygens (including phenoxy) is 1. The molecular formula is C6F10O. The molecule has 0 aliphatic rings. The quantitative estimate of drug-likeness (QED) is 0.551. The van der Waals surface area contributed by atoms with Crippen LogP contribution < -0.4 is 0 Å². The molecule has 0 amide bonds. The van der Waals surface area contributed by atoms with Gasteiger partial charge in [-0.2, -0.15) is 43.9 Å². The Bertz CT molecular complexity index is 346. The third kappa shape index (κ3) is 3.53. The second-order valence-electron chi connectivity index (χ2n) is 2.30. The van der Waals surface area contributed by atoms with E-state index >= 15 is 0 Å². The standard InChI is InChI=1S/C6F10O/c7-1(5(12,13)6(14,15)16)3(10)17-4(11)2(8)9. The van der Waals surface area contributed by atoms with Crippen LogP contribution >= 0.6 is 0 Å². The smallest absolute Gasteiger partial charge is 0.398 e. The van der Waals surface area contributed by atoms with Crippen LogP contribution in [0.4, 0.5) is 43.9 Å². The third-order valence-electron chi connectivity index (χ3n) is 1.13. The van der Waals surface area contributed by atoms with Crippen molar-refractivity contribution in [3.63, 3.8) is 0 Å². The number of hydrogen-bond donors (Lipinski definition) is 0. The highest BCUT2D eigenvalue weighted by Crippen LogP contribution is 2.43. The van der Waals surface area contributed by atoms with E-state index < -0.39 is 36.0 Å². The summed E-state index contributed by atoms with van der Waals surface area (Å²) in [6, 6.07) is -6.60. The highest BCUT2D eigenvalue weighted by molar-refractivity contribution is 5.10. The summed E-state index contributed by atoms with van der Waals surface area (Å²) in [5, 5.41) is 0. The van der Waals surface area contributed by atoms with Crippen LogP contribution in [-0.4, -0.2) is 12.1 Å². The molecule has 0 fully saturated rings. The fraction of sp³-hybridized carbons (Fsp3) is 0.333. The van der Waals surface area contributed by atoms with Crippen LogP contribution in [0.3, 0.4) is 0 Å². The van der Waals surface area contributed by atoms with Gasteiger partial charge < -0.3 is 4.74 Å². The van der Waals surface area contributed by atoms with Gasteiger partial charge in [-0.25, -0.2) is 0 Å². The van der Waals surface area contributed by atoms with Crippen molar-refractivity contribution in [2.24, 2.45) is 0 Å². The van der Waals surface area contributed by atoms with Gasteiger partial charge in [-0.3, -0.25) is 0 Å². The first-order chi connectivity index (χ1) is 7.41. The molecule has 0 atom stereocenters. The Morgan fingerprint density at radius 1 is 0.706 bits per heavy atom. The Balaban J connectivity index is 5.27. The Morgan fingerprint density at radius 2 is 1.12 bits per heavy atom. The van der Waals surface area contributed by atoms with Gasteiger partial charge in [0.15, 0.2) is 0 Å². The molecule has 0 heterocycles. The summed E-state index contributed by atoms with van der Waals surface area (Å²) in [6.07, 6.45) is -9.91. The summed E-state index contributed by atoms with van der Waals surface area (Å²) in [4.78, 5) is 0. The number of halogens is 10. The first kappa shape index (κ1) is 15.6. The van der Waals surface area contributed by atoms with Crippen molar-refractivity contribution in [2.45, 2.75) is 12.1 Å². The van der Waals surface area contributed by atoms with Crippen LogP contribution in [0, 0.1) is 0 Å². The van der Waals surface area contributed by atoms with Gasteiger partial charge in [-0.05, 0) is 0 Å². The fourth-order valence-electron chi connectivity index (χ4n) is 0.410. The molecule has 0 rings (SSSR count). The molecule has 1 nitrogen and oxygen atoms in total. The molecular weight excluding hydrogens is 278 g/mol. The molecule has 0 saturated carbocycles. The summed E-state index contributed by atoms with van der Waals surface area (Å²) in [5.74, 6) is -10.2. The zero-order valence-corrected chi connectivity index (χ0v) is 7.19. The zero-order chi connectivity index (χ0) is 14.0. The molecule has 0 aromatic rings. The highest BCUT2D eigenvalue weighted by atomic mass is 19.4. The van der Waals surface area contributed by atoms with Gasteiger partial charge in [0.25, 0.3) is 5.83 Å². The van der Waals surface area contributed by atoms with E-state index in [9.17, 15) is 43.9 Å². The maximum absolute atomic E-state index is 12.2. The van der Waals surface area contributed by atoms with Crippen molar-refractivity contribution < 1.29 is 48.6 Å². The van der Waals surface area contributed by atoms with E-state index in [1.54, 1.807) is 0 Å². The molecule has 0 spiro atoms. The summed E-state index contributed by atoms with van der Waals surface area (Å²) < 4.78 is 119. The summed E-state index contributed by atoms with van der Waals surface area (Å²) in [5.41, 5.74) is 0. The van der Waals surface area contributed by atoms with Crippen LogP contribution in [0.25, 0.3) is 0 Å². The minimum absolute atomic E-state index is 2.48. The number of allylic oxidation sites excluding steroid dienone is 1. The van der Waals surface area contributed by atoms with E-state index in [0.29, 0.717) is 0 Å². The van der Waals surface area contributed by atoms with E-state index in [4.69, 9.17) is 0 Å². The molecule has 0 saturated heterocycles.